The van der Waals surface area contributed by atoms with Crippen molar-refractivity contribution in [1.82, 2.24) is 0 Å². The summed E-state index contributed by atoms with van der Waals surface area (Å²) in [5.74, 6) is 0.468. The molecule has 0 amide bonds. The van der Waals surface area contributed by atoms with Gasteiger partial charge in [0, 0.05) is 0 Å². The first-order valence-corrected chi connectivity index (χ1v) is 15.0. The molecule has 1 atom stereocenters. The minimum absolute atomic E-state index is 0. The third-order valence-corrected chi connectivity index (χ3v) is 6.88. The topological polar surface area (TPSA) is 0 Å². The van der Waals surface area contributed by atoms with E-state index in [9.17, 15) is 0 Å². The summed E-state index contributed by atoms with van der Waals surface area (Å²) in [7, 11) is 0. The van der Waals surface area contributed by atoms with Gasteiger partial charge in [0.25, 0.3) is 0 Å². The normalized spacial score (nSPS) is 14.9. The fourth-order valence-corrected chi connectivity index (χ4v) is 4.75. The molecule has 0 saturated carbocycles. The van der Waals surface area contributed by atoms with E-state index in [1.165, 1.54) is 53.3 Å². The second-order valence-electron chi connectivity index (χ2n) is 12.8. The van der Waals surface area contributed by atoms with Crippen LogP contribution in [0.3, 0.4) is 0 Å². The molecule has 0 aliphatic heterocycles. The Morgan fingerprint density at radius 3 is 1.88 bits per heavy atom. The van der Waals surface area contributed by atoms with Crippen LogP contribution in [-0.4, -0.2) is 3.21 Å². The Labute approximate surface area is 271 Å². The van der Waals surface area contributed by atoms with Crippen molar-refractivity contribution < 1.29 is 49.0 Å². The van der Waals surface area contributed by atoms with Crippen molar-refractivity contribution in [2.24, 2.45) is 5.92 Å². The Kier molecular flexibility index (Phi) is 13.8. The maximum Gasteiger partial charge on any atom is -1.00 e. The van der Waals surface area contributed by atoms with Crippen molar-refractivity contribution >= 4 is 8.78 Å². The molecule has 0 saturated heterocycles. The van der Waals surface area contributed by atoms with E-state index in [4.69, 9.17) is 0 Å². The molecule has 0 N–H and O–H groups in total. The zero-order valence-corrected chi connectivity index (χ0v) is 29.9. The monoisotopic (exact) mass is 648 g/mol. The summed E-state index contributed by atoms with van der Waals surface area (Å²) in [5, 5.41) is 0. The van der Waals surface area contributed by atoms with E-state index >= 15 is 0 Å². The fourth-order valence-electron chi connectivity index (χ4n) is 4.75. The molecule has 0 fully saturated rings. The largest absolute Gasteiger partial charge is 1.00 e. The van der Waals surface area contributed by atoms with Crippen LogP contribution in [0.4, 0.5) is 0 Å². The van der Waals surface area contributed by atoms with Gasteiger partial charge in [0.15, 0.2) is 0 Å². The molecule has 0 bridgehead atoms. The van der Waals surface area contributed by atoms with Crippen molar-refractivity contribution in [3.63, 3.8) is 0 Å². The predicted octanol–water partition coefficient (Wildman–Crippen LogP) is 3.88. The van der Waals surface area contributed by atoms with E-state index in [0.29, 0.717) is 5.92 Å². The van der Waals surface area contributed by atoms with Crippen LogP contribution < -0.4 is 24.8 Å². The molecule has 0 heterocycles. The number of halogens is 2. The van der Waals surface area contributed by atoms with Crippen LogP contribution in [0, 0.1) is 18.1 Å². The van der Waals surface area contributed by atoms with Gasteiger partial charge in [0.1, 0.15) is 0 Å². The third-order valence-electron chi connectivity index (χ3n) is 6.88. The second-order valence-corrected chi connectivity index (χ2v) is 15.3. The number of hydrogen-bond acceptors (Lipinski definition) is 0. The van der Waals surface area contributed by atoms with Crippen LogP contribution in [0.1, 0.15) is 97.1 Å². The van der Waals surface area contributed by atoms with Gasteiger partial charge in [0.05, 0.1) is 0 Å². The van der Waals surface area contributed by atoms with Crippen molar-refractivity contribution in [2.75, 3.05) is 0 Å². The molecule has 0 spiro atoms. The van der Waals surface area contributed by atoms with Gasteiger partial charge in [-0.25, -0.2) is 5.57 Å². The van der Waals surface area contributed by atoms with Crippen LogP contribution in [0.5, 0.6) is 0 Å². The number of allylic oxidation sites excluding steroid dienone is 4. The quantitative estimate of drug-likeness (QED) is 0.275. The van der Waals surface area contributed by atoms with Gasteiger partial charge in [-0.2, -0.15) is 41.0 Å². The van der Waals surface area contributed by atoms with Gasteiger partial charge in [0.2, 0.25) is 0 Å². The van der Waals surface area contributed by atoms with Crippen molar-refractivity contribution in [2.45, 2.75) is 86.5 Å². The average molecular weight is 651 g/mol. The predicted molar refractivity (Wildman–Crippen MR) is 163 cm³/mol. The number of hydrogen-bond donors (Lipinski definition) is 0. The summed E-state index contributed by atoms with van der Waals surface area (Å²) < 4.78 is 1.51. The first-order chi connectivity index (χ1) is 17.7. The number of fused-ring (bicyclic) bond motifs is 3. The molecule has 2 aliphatic rings. The maximum absolute atomic E-state index is 3.53. The third kappa shape index (κ3) is 9.79. The van der Waals surface area contributed by atoms with Crippen LogP contribution in [0.25, 0.3) is 16.7 Å². The summed E-state index contributed by atoms with van der Waals surface area (Å²) in [6, 6.07) is 25.6. The minimum Gasteiger partial charge on any atom is -1.00 e. The van der Waals surface area contributed by atoms with Gasteiger partial charge >= 0.3 is 41.3 Å². The van der Waals surface area contributed by atoms with Crippen LogP contribution >= 0.6 is 0 Å². The summed E-state index contributed by atoms with van der Waals surface area (Å²) in [6.07, 6.45) is 6.69. The Balaban J connectivity index is 0.000000362. The number of rotatable bonds is 1. The average Bonchev–Trinajstić information content (AvgIpc) is 3.36. The molecule has 40 heavy (non-hydrogen) atoms. The van der Waals surface area contributed by atoms with Crippen LogP contribution in [0.2, 0.25) is 0 Å². The summed E-state index contributed by atoms with van der Waals surface area (Å²) >= 11 is 1.55. The van der Waals surface area contributed by atoms with Crippen LogP contribution in [-0.2, 0) is 41.5 Å². The molecule has 5 rings (SSSR count). The van der Waals surface area contributed by atoms with Crippen molar-refractivity contribution in [3.05, 3.63) is 112 Å². The maximum atomic E-state index is 3.53. The standard InChI is InChI=1S/C21H25.C13H13.C3H6.2ClH.Zr/c1-20(2,3)16-9-7-14-11-15-8-10-17(21(4,5)6)13-19(15)18(14)12-16;1-10-8-11(2)13(9-10)12-6-4-3-5-7-12;1-3-2;;;/h7,9-10,12-13H,11H2,1-6H3;3-7,9-10H,1-2H3;1-2H3;2*1H;/q2*-1;;;;+2/p-2. The Morgan fingerprint density at radius 2 is 1.38 bits per heavy atom. The zero-order chi connectivity index (χ0) is 28.3. The van der Waals surface area contributed by atoms with E-state index in [1.807, 2.05) is 6.07 Å². The smallest absolute Gasteiger partial charge is 1.00 e. The van der Waals surface area contributed by atoms with Crippen molar-refractivity contribution in [3.8, 4) is 11.1 Å². The summed E-state index contributed by atoms with van der Waals surface area (Å²) in [4.78, 5) is 0. The Bertz CT molecular complexity index is 1280. The zero-order valence-electron chi connectivity index (χ0n) is 25.9. The first-order valence-electron chi connectivity index (χ1n) is 13.7. The first kappa shape index (κ1) is 36.5. The van der Waals surface area contributed by atoms with Gasteiger partial charge in [-0.3, -0.25) is 6.08 Å². The molecule has 3 heteroatoms. The van der Waals surface area contributed by atoms with Gasteiger partial charge in [-0.05, 0) is 17.4 Å². The molecular formula is C37H44Cl2Zr-2. The summed E-state index contributed by atoms with van der Waals surface area (Å²) in [6.45, 7) is 22.2. The molecule has 3 aromatic rings. The molecule has 0 nitrogen and oxygen atoms in total. The van der Waals surface area contributed by atoms with E-state index in [2.05, 4.69) is 142 Å². The van der Waals surface area contributed by atoms with E-state index < -0.39 is 0 Å². The molecule has 2 aliphatic carbocycles. The van der Waals surface area contributed by atoms with Crippen molar-refractivity contribution in [1.29, 1.82) is 0 Å². The molecule has 212 valence electrons. The Morgan fingerprint density at radius 1 is 0.825 bits per heavy atom. The molecule has 1 unspecified atom stereocenters. The van der Waals surface area contributed by atoms with Crippen LogP contribution in [0.15, 0.2) is 72.3 Å². The molecule has 0 radical (unpaired) electrons. The molecular weight excluding hydrogens is 607 g/mol. The SMILES string of the molecule is CC(C)(C)c1c[c-]c2c(c1)-c1cc(C(C)(C)C)ccc1C2.CC1=[C-]C(C)C=C1c1ccccc1.C[C](C)=[Zr+2].[Cl-].[Cl-]. The van der Waals surface area contributed by atoms with E-state index in [-0.39, 0.29) is 35.6 Å². The summed E-state index contributed by atoms with van der Waals surface area (Å²) in [5.41, 5.74) is 12.7. The van der Waals surface area contributed by atoms with E-state index in [0.717, 1.165) is 6.42 Å². The fraction of sp³-hybridized carbons (Fsp3) is 0.378. The van der Waals surface area contributed by atoms with Gasteiger partial charge in [-0.1, -0.05) is 126 Å². The Hall–Kier alpha value is -1.53. The molecule has 3 aromatic carbocycles. The minimum atomic E-state index is 0. The molecule has 0 aromatic heterocycles. The number of benzene rings is 3. The van der Waals surface area contributed by atoms with E-state index in [1.54, 1.807) is 24.2 Å². The van der Waals surface area contributed by atoms with Gasteiger partial charge in [-0.15, -0.1) is 11.1 Å². The van der Waals surface area contributed by atoms with Gasteiger partial charge < -0.3 is 24.8 Å². The second kappa shape index (κ2) is 15.1.